The number of benzene rings is 2. The lowest BCUT2D eigenvalue weighted by Gasteiger charge is -2.33. The van der Waals surface area contributed by atoms with Crippen LogP contribution in [0.5, 0.6) is 0 Å². The van der Waals surface area contributed by atoms with Crippen LogP contribution < -0.4 is 4.31 Å². The van der Waals surface area contributed by atoms with Crippen LogP contribution in [-0.2, 0) is 30.8 Å². The van der Waals surface area contributed by atoms with Crippen LogP contribution in [0, 0.1) is 12.8 Å². The molecule has 0 bridgehead atoms. The second-order valence-corrected chi connectivity index (χ2v) is 10.1. The summed E-state index contributed by atoms with van der Waals surface area (Å²) in [4.78, 5) is 26.9. The van der Waals surface area contributed by atoms with E-state index in [1.165, 1.54) is 4.31 Å². The van der Waals surface area contributed by atoms with Crippen LogP contribution in [0.4, 0.5) is 5.69 Å². The van der Waals surface area contributed by atoms with Gasteiger partial charge < -0.3 is 9.64 Å². The first-order valence-electron chi connectivity index (χ1n) is 11.4. The quantitative estimate of drug-likeness (QED) is 0.549. The number of hydrogen-bond donors (Lipinski definition) is 0. The van der Waals surface area contributed by atoms with Crippen molar-refractivity contribution in [2.24, 2.45) is 5.92 Å². The molecule has 0 aliphatic carbocycles. The van der Waals surface area contributed by atoms with E-state index in [0.29, 0.717) is 38.2 Å². The van der Waals surface area contributed by atoms with Crippen molar-refractivity contribution in [3.63, 3.8) is 0 Å². The smallest absolute Gasteiger partial charge is 0.309 e. The highest BCUT2D eigenvalue weighted by Gasteiger charge is 2.32. The van der Waals surface area contributed by atoms with E-state index < -0.39 is 10.0 Å². The Morgan fingerprint density at radius 3 is 2.15 bits per heavy atom. The number of amides is 1. The van der Waals surface area contributed by atoms with Crippen LogP contribution in [0.2, 0.25) is 0 Å². The van der Waals surface area contributed by atoms with Gasteiger partial charge in [0.25, 0.3) is 10.0 Å². The van der Waals surface area contributed by atoms with Gasteiger partial charge in [-0.05, 0) is 62.9 Å². The van der Waals surface area contributed by atoms with E-state index >= 15 is 0 Å². The average Bonchev–Trinajstić information content (AvgIpc) is 2.83. The van der Waals surface area contributed by atoms with E-state index in [9.17, 15) is 18.0 Å². The number of sulfonamides is 1. The first-order chi connectivity index (χ1) is 15.8. The fourth-order valence-corrected chi connectivity index (χ4v) is 5.31. The molecule has 2 aromatic rings. The number of ether oxygens (including phenoxy) is 1. The molecule has 0 N–H and O–H groups in total. The third kappa shape index (κ3) is 5.93. The molecule has 0 saturated carbocycles. The van der Waals surface area contributed by atoms with Gasteiger partial charge in [-0.25, -0.2) is 8.42 Å². The van der Waals surface area contributed by atoms with E-state index in [-0.39, 0.29) is 29.2 Å². The first kappa shape index (κ1) is 24.8. The summed E-state index contributed by atoms with van der Waals surface area (Å²) in [6.45, 7) is 6.52. The summed E-state index contributed by atoms with van der Waals surface area (Å²) in [7, 11) is -3.94. The highest BCUT2D eigenvalue weighted by molar-refractivity contribution is 7.92. The maximum atomic E-state index is 13.5. The van der Waals surface area contributed by atoms with Gasteiger partial charge >= 0.3 is 5.97 Å². The number of rotatable bonds is 8. The van der Waals surface area contributed by atoms with Crippen LogP contribution >= 0.6 is 0 Å². The van der Waals surface area contributed by atoms with Crippen molar-refractivity contribution in [3.05, 3.63) is 59.7 Å². The van der Waals surface area contributed by atoms with Crippen molar-refractivity contribution >= 4 is 27.6 Å². The van der Waals surface area contributed by atoms with Crippen LogP contribution in [0.15, 0.2) is 53.4 Å². The molecular formula is C25H32N2O5S. The molecule has 1 saturated heterocycles. The van der Waals surface area contributed by atoms with E-state index in [4.69, 9.17) is 4.74 Å². The molecule has 1 fully saturated rings. The third-order valence-corrected chi connectivity index (χ3v) is 7.78. The van der Waals surface area contributed by atoms with Gasteiger partial charge in [0.15, 0.2) is 0 Å². The molecule has 1 amide bonds. The Labute approximate surface area is 196 Å². The molecule has 2 aromatic carbocycles. The molecule has 178 valence electrons. The predicted molar refractivity (Wildman–Crippen MR) is 127 cm³/mol. The Morgan fingerprint density at radius 1 is 1.00 bits per heavy atom. The fraction of sp³-hybridized carbons (Fsp3) is 0.440. The van der Waals surface area contributed by atoms with Gasteiger partial charge in [0.1, 0.15) is 6.54 Å². The van der Waals surface area contributed by atoms with Gasteiger partial charge in [0, 0.05) is 13.1 Å². The standard InChI is InChI=1S/C25H32N2O5S/c1-4-20-8-10-22(11-9-20)27(33(30,31)23-12-6-19(3)7-13-23)18-24(28)26-16-14-21(15-17-26)25(29)32-5-2/h6-13,21H,4-5,14-18H2,1-3H3. The number of carbonyl (C=O) groups excluding carboxylic acids is 2. The summed E-state index contributed by atoms with van der Waals surface area (Å²) in [6, 6.07) is 13.8. The van der Waals surface area contributed by atoms with Crippen LogP contribution in [0.1, 0.15) is 37.8 Å². The SMILES string of the molecule is CCOC(=O)C1CCN(C(=O)CN(c2ccc(CC)cc2)S(=O)(=O)c2ccc(C)cc2)CC1. The van der Waals surface area contributed by atoms with Gasteiger partial charge in [-0.1, -0.05) is 36.8 Å². The zero-order valence-corrected chi connectivity index (χ0v) is 20.3. The van der Waals surface area contributed by atoms with Crippen molar-refractivity contribution in [2.45, 2.75) is 44.9 Å². The maximum absolute atomic E-state index is 13.5. The lowest BCUT2D eigenvalue weighted by Crippen LogP contribution is -2.46. The molecule has 3 rings (SSSR count). The summed E-state index contributed by atoms with van der Waals surface area (Å²) < 4.78 is 33.3. The third-order valence-electron chi connectivity index (χ3n) is 5.99. The van der Waals surface area contributed by atoms with Crippen LogP contribution in [0.25, 0.3) is 0 Å². The lowest BCUT2D eigenvalue weighted by atomic mass is 9.97. The highest BCUT2D eigenvalue weighted by atomic mass is 32.2. The van der Waals surface area contributed by atoms with Crippen LogP contribution in [0.3, 0.4) is 0 Å². The number of piperidine rings is 1. The first-order valence-corrected chi connectivity index (χ1v) is 12.8. The summed E-state index contributed by atoms with van der Waals surface area (Å²) in [5, 5.41) is 0. The summed E-state index contributed by atoms with van der Waals surface area (Å²) in [5.74, 6) is -0.736. The topological polar surface area (TPSA) is 84.0 Å². The molecule has 1 aliphatic heterocycles. The molecule has 1 heterocycles. The van der Waals surface area contributed by atoms with Gasteiger partial charge in [-0.2, -0.15) is 0 Å². The Bertz CT molecular complexity index is 1060. The zero-order chi connectivity index (χ0) is 24.0. The molecule has 0 aromatic heterocycles. The minimum Gasteiger partial charge on any atom is -0.466 e. The summed E-state index contributed by atoms with van der Waals surface area (Å²) >= 11 is 0. The number of likely N-dealkylation sites (tertiary alicyclic amines) is 1. The normalized spacial score (nSPS) is 14.7. The maximum Gasteiger partial charge on any atom is 0.309 e. The molecule has 33 heavy (non-hydrogen) atoms. The number of anilines is 1. The van der Waals surface area contributed by atoms with Crippen molar-refractivity contribution < 1.29 is 22.7 Å². The number of hydrogen-bond acceptors (Lipinski definition) is 5. The van der Waals surface area contributed by atoms with Crippen molar-refractivity contribution in [1.82, 2.24) is 4.90 Å². The molecule has 0 atom stereocenters. The Morgan fingerprint density at radius 2 is 1.61 bits per heavy atom. The molecule has 7 nitrogen and oxygen atoms in total. The van der Waals surface area contributed by atoms with E-state index in [1.807, 2.05) is 26.0 Å². The number of esters is 1. The second-order valence-electron chi connectivity index (χ2n) is 8.25. The van der Waals surface area contributed by atoms with Crippen molar-refractivity contribution in [3.8, 4) is 0 Å². The molecule has 1 aliphatic rings. The monoisotopic (exact) mass is 472 g/mol. The summed E-state index contributed by atoms with van der Waals surface area (Å²) in [5.41, 5.74) is 2.48. The summed E-state index contributed by atoms with van der Waals surface area (Å²) in [6.07, 6.45) is 1.86. The van der Waals surface area contributed by atoms with Gasteiger partial charge in [0.05, 0.1) is 23.1 Å². The molecule has 0 radical (unpaired) electrons. The number of carbonyl (C=O) groups is 2. The zero-order valence-electron chi connectivity index (χ0n) is 19.5. The molecule has 0 unspecified atom stereocenters. The minimum atomic E-state index is -3.94. The Kier molecular flexibility index (Phi) is 8.13. The predicted octanol–water partition coefficient (Wildman–Crippen LogP) is 3.55. The van der Waals surface area contributed by atoms with Crippen molar-refractivity contribution in [2.75, 3.05) is 30.5 Å². The van der Waals surface area contributed by atoms with E-state index in [0.717, 1.165) is 17.5 Å². The molecular weight excluding hydrogens is 440 g/mol. The second kappa shape index (κ2) is 10.8. The largest absolute Gasteiger partial charge is 0.466 e. The Balaban J connectivity index is 1.82. The molecule has 0 spiro atoms. The number of aryl methyl sites for hydroxylation is 2. The van der Waals surface area contributed by atoms with E-state index in [2.05, 4.69) is 0 Å². The number of nitrogens with zero attached hydrogens (tertiary/aromatic N) is 2. The van der Waals surface area contributed by atoms with Crippen molar-refractivity contribution in [1.29, 1.82) is 0 Å². The highest BCUT2D eigenvalue weighted by Crippen LogP contribution is 2.26. The van der Waals surface area contributed by atoms with E-state index in [1.54, 1.807) is 48.2 Å². The van der Waals surface area contributed by atoms with Gasteiger partial charge in [0.2, 0.25) is 5.91 Å². The minimum absolute atomic E-state index is 0.140. The molecule has 8 heteroatoms. The lowest BCUT2D eigenvalue weighted by molar-refractivity contribution is -0.151. The average molecular weight is 473 g/mol. The van der Waals surface area contributed by atoms with Gasteiger partial charge in [-0.3, -0.25) is 13.9 Å². The van der Waals surface area contributed by atoms with Crippen LogP contribution in [-0.4, -0.2) is 51.4 Å². The van der Waals surface area contributed by atoms with Gasteiger partial charge in [-0.15, -0.1) is 0 Å². The Hall–Kier alpha value is -2.87. The fourth-order valence-electron chi connectivity index (χ4n) is 3.90.